The number of nitrogens with one attached hydrogen (secondary N) is 1. The normalized spacial score (nSPS) is 10.5. The van der Waals surface area contributed by atoms with E-state index in [2.05, 4.69) is 34.6 Å². The number of halogens is 2. The number of carbonyl (C=O) groups is 1. The molecule has 0 aliphatic heterocycles. The van der Waals surface area contributed by atoms with E-state index >= 15 is 0 Å². The molecular weight excluding hydrogens is 591 g/mol. The maximum atomic E-state index is 12.6. The Balaban J connectivity index is 0.00000272. The highest BCUT2D eigenvalue weighted by Gasteiger charge is 2.16. The van der Waals surface area contributed by atoms with Crippen LogP contribution in [-0.4, -0.2) is 24.3 Å². The first kappa shape index (κ1) is 23.6. The third kappa shape index (κ3) is 6.49. The number of benzene rings is 3. The molecule has 3 aromatic carbocycles. The fourth-order valence-electron chi connectivity index (χ4n) is 2.68. The Bertz CT molecular complexity index is 1140. The van der Waals surface area contributed by atoms with Gasteiger partial charge < -0.3 is 26.5 Å². The summed E-state index contributed by atoms with van der Waals surface area (Å²) in [6.07, 6.45) is 0. The van der Waals surface area contributed by atoms with Crippen molar-refractivity contribution in [2.24, 2.45) is 0 Å². The first-order valence-corrected chi connectivity index (χ1v) is 12.4. The molecule has 4 rings (SSSR count). The average Bonchev–Trinajstić information content (AvgIpc) is 3.16. The molecule has 1 N–H and O–H groups in total. The summed E-state index contributed by atoms with van der Waals surface area (Å²) in [4.78, 5) is 17.1. The van der Waals surface area contributed by atoms with Gasteiger partial charge in [-0.1, -0.05) is 29.5 Å². The average molecular weight is 611 g/mol. The van der Waals surface area contributed by atoms with Crippen LogP contribution >= 0.6 is 11.3 Å². The first-order chi connectivity index (χ1) is 14.7. The van der Waals surface area contributed by atoms with Gasteiger partial charge in [-0.2, -0.15) is 0 Å². The van der Waals surface area contributed by atoms with E-state index < -0.39 is 0 Å². The van der Waals surface area contributed by atoms with Gasteiger partial charge in [0.1, 0.15) is 5.75 Å². The molecule has 0 aliphatic rings. The lowest BCUT2D eigenvalue weighted by Gasteiger charge is -2.04. The number of anilines is 1. The summed E-state index contributed by atoms with van der Waals surface area (Å²) in [5, 5.41) is 3.47. The van der Waals surface area contributed by atoms with E-state index in [-0.39, 0.29) is 50.9 Å². The quantitative estimate of drug-likeness (QED) is 0.159. The van der Waals surface area contributed by atoms with Gasteiger partial charge in [0.05, 0.1) is 10.2 Å². The second-order valence-electron chi connectivity index (χ2n) is 6.25. The molecule has 31 heavy (non-hydrogen) atoms. The Morgan fingerprint density at radius 2 is 1.77 bits per heavy atom. The van der Waals surface area contributed by atoms with Crippen LogP contribution in [0.25, 0.3) is 10.2 Å². The molecule has 0 bridgehead atoms. The molecule has 0 atom stereocenters. The molecule has 0 radical (unpaired) electrons. The summed E-state index contributed by atoms with van der Waals surface area (Å²) < 4.78 is 14.3. The van der Waals surface area contributed by atoms with Gasteiger partial charge in [-0.05, 0) is 61.5 Å². The molecule has 0 aliphatic carbocycles. The molecule has 0 fully saturated rings. The zero-order chi connectivity index (χ0) is 20.8. The third-order valence-electron chi connectivity index (χ3n) is 4.15. The van der Waals surface area contributed by atoms with Gasteiger partial charge in [0.15, 0.2) is 19.1 Å². The van der Waals surface area contributed by atoms with Crippen molar-refractivity contribution in [1.29, 1.82) is 0 Å². The number of hydrogen-bond donors (Lipinski definition) is 1. The minimum absolute atomic E-state index is 0. The molecule has 160 valence electrons. The van der Waals surface area contributed by atoms with E-state index in [1.807, 2.05) is 55.5 Å². The number of hydrogen-bond acceptors (Lipinski definition) is 5. The van der Waals surface area contributed by atoms with Gasteiger partial charge >= 0.3 is 21.2 Å². The third-order valence-corrected chi connectivity index (χ3v) is 7.77. The maximum absolute atomic E-state index is 12.6. The summed E-state index contributed by atoms with van der Waals surface area (Å²) in [5.41, 5.74) is 1.44. The number of thiazole rings is 1. The Kier molecular flexibility index (Phi) is 8.82. The van der Waals surface area contributed by atoms with Gasteiger partial charge in [-0.15, -0.1) is 0 Å². The highest BCUT2D eigenvalue weighted by molar-refractivity contribution is 7.22. The van der Waals surface area contributed by atoms with Gasteiger partial charge in [-0.3, -0.25) is 10.1 Å². The molecule has 8 heteroatoms. The van der Waals surface area contributed by atoms with Crippen LogP contribution in [0.2, 0.25) is 0 Å². The minimum Gasteiger partial charge on any atom is -1.00 e. The van der Waals surface area contributed by atoms with Gasteiger partial charge in [0.2, 0.25) is 0 Å². The number of fused-ring (bicyclic) bond motifs is 1. The van der Waals surface area contributed by atoms with Crippen LogP contribution in [-0.2, 0) is 4.74 Å². The van der Waals surface area contributed by atoms with Crippen LogP contribution in [0.5, 0.6) is 5.75 Å². The molecule has 0 spiro atoms. The number of rotatable bonds is 8. The van der Waals surface area contributed by atoms with Crippen LogP contribution < -0.4 is 48.2 Å². The topological polar surface area (TPSA) is 60.5 Å². The fraction of sp³-hybridized carbons (Fsp3) is 0.130. The van der Waals surface area contributed by atoms with Crippen molar-refractivity contribution in [2.75, 3.05) is 18.7 Å². The minimum atomic E-state index is -0.239. The second kappa shape index (κ2) is 11.6. The van der Waals surface area contributed by atoms with Crippen molar-refractivity contribution >= 4 is 32.6 Å². The summed E-state index contributed by atoms with van der Waals surface area (Å²) in [5.74, 6) is 0.557. The molecule has 4 aromatic rings. The van der Waals surface area contributed by atoms with Gasteiger partial charge in [0.25, 0.3) is 5.91 Å². The van der Waals surface area contributed by atoms with Gasteiger partial charge in [-0.25, -0.2) is 4.98 Å². The lowest BCUT2D eigenvalue weighted by atomic mass is 10.2. The molecule has 1 amide bonds. The van der Waals surface area contributed by atoms with Crippen LogP contribution in [0.15, 0.2) is 72.8 Å². The van der Waals surface area contributed by atoms with Crippen LogP contribution in [0.1, 0.15) is 17.3 Å². The van der Waals surface area contributed by atoms with Crippen LogP contribution in [0.4, 0.5) is 5.13 Å². The van der Waals surface area contributed by atoms with E-state index in [0.717, 1.165) is 16.0 Å². The van der Waals surface area contributed by atoms with Crippen molar-refractivity contribution in [1.82, 2.24) is 4.98 Å². The number of nitrogens with zero attached hydrogens (tertiary/aromatic N) is 1. The first-order valence-electron chi connectivity index (χ1n) is 9.43. The van der Waals surface area contributed by atoms with Crippen molar-refractivity contribution in [3.05, 3.63) is 85.5 Å². The van der Waals surface area contributed by atoms with Crippen molar-refractivity contribution in [2.45, 2.75) is 6.92 Å². The molecule has 5 nitrogen and oxygen atoms in total. The van der Waals surface area contributed by atoms with Gasteiger partial charge in [0, 0.05) is 12.2 Å². The molecule has 0 saturated heterocycles. The van der Waals surface area contributed by atoms with E-state index in [9.17, 15) is 4.79 Å². The summed E-state index contributed by atoms with van der Waals surface area (Å²) in [7, 11) is 0. The SMILES string of the molecule is CCOCOc1ccc2nc(NC(=O)c3ccc([I+]c4ccccc4)cc3)sc2c1.[Br-]. The second-order valence-corrected chi connectivity index (χ2v) is 10.3. The highest BCUT2D eigenvalue weighted by atomic mass is 127. The number of amides is 1. The largest absolute Gasteiger partial charge is 1.00 e. The Morgan fingerprint density at radius 1 is 1.03 bits per heavy atom. The van der Waals surface area contributed by atoms with Crippen LogP contribution in [0.3, 0.4) is 0 Å². The molecule has 0 unspecified atom stereocenters. The zero-order valence-corrected chi connectivity index (χ0v) is 21.2. The zero-order valence-electron chi connectivity index (χ0n) is 16.7. The molecule has 1 heterocycles. The summed E-state index contributed by atoms with van der Waals surface area (Å²) in [6.45, 7) is 2.74. The monoisotopic (exact) mass is 610 g/mol. The van der Waals surface area contributed by atoms with E-state index in [1.54, 1.807) is 0 Å². The Morgan fingerprint density at radius 3 is 2.52 bits per heavy atom. The number of aromatic nitrogens is 1. The molecule has 0 saturated carbocycles. The Labute approximate surface area is 205 Å². The lowest BCUT2D eigenvalue weighted by molar-refractivity contribution is -0.597. The Hall–Kier alpha value is -2.01. The standard InChI is InChI=1S/C23H19IN2O3S.BrH/c1-2-28-15-29-19-12-13-20-21(14-19)30-23(25-20)26-22(27)16-8-10-18(11-9-16)24-17-6-4-3-5-7-17;/h3-14H,2,15H2,1H3;1H. The summed E-state index contributed by atoms with van der Waals surface area (Å²) in [6, 6.07) is 23.9. The van der Waals surface area contributed by atoms with Crippen molar-refractivity contribution in [3.63, 3.8) is 0 Å². The fourth-order valence-corrected chi connectivity index (χ4v) is 5.78. The number of carbonyl (C=O) groups excluding carboxylic acids is 1. The lowest BCUT2D eigenvalue weighted by Crippen LogP contribution is -3.61. The number of ether oxygens (including phenoxy) is 2. The predicted molar refractivity (Wildman–Crippen MR) is 115 cm³/mol. The molecule has 1 aromatic heterocycles. The van der Waals surface area contributed by atoms with E-state index in [4.69, 9.17) is 9.47 Å². The van der Waals surface area contributed by atoms with Crippen molar-refractivity contribution < 1.29 is 52.5 Å². The maximum Gasteiger partial charge on any atom is 0.357 e. The highest BCUT2D eigenvalue weighted by Crippen LogP contribution is 2.29. The van der Waals surface area contributed by atoms with Crippen LogP contribution in [0, 0.1) is 7.14 Å². The van der Waals surface area contributed by atoms with Crippen molar-refractivity contribution in [3.8, 4) is 5.75 Å². The summed E-state index contributed by atoms with van der Waals surface area (Å²) >= 11 is 1.18. The molecular formula is C23H20BrIN2O3S. The van der Waals surface area contributed by atoms with E-state index in [0.29, 0.717) is 17.3 Å². The predicted octanol–water partition coefficient (Wildman–Crippen LogP) is -0.946. The van der Waals surface area contributed by atoms with E-state index in [1.165, 1.54) is 18.5 Å². The smallest absolute Gasteiger partial charge is 0.357 e.